The van der Waals surface area contributed by atoms with Gasteiger partial charge in [0, 0.05) is 37.9 Å². The largest absolute Gasteiger partial charge is 0.378 e. The summed E-state index contributed by atoms with van der Waals surface area (Å²) in [6.07, 6.45) is 2.22. The van der Waals surface area contributed by atoms with Crippen molar-refractivity contribution in [2.45, 2.75) is 46.6 Å². The molecule has 0 aliphatic carbocycles. The van der Waals surface area contributed by atoms with Crippen molar-refractivity contribution in [3.63, 3.8) is 0 Å². The molecule has 1 atom stereocenters. The Morgan fingerprint density at radius 2 is 1.97 bits per heavy atom. The average molecular weight is 452 g/mol. The molecule has 4 rings (SSSR count). The summed E-state index contributed by atoms with van der Waals surface area (Å²) >= 11 is 0. The smallest absolute Gasteiger partial charge is 0.321 e. The van der Waals surface area contributed by atoms with Gasteiger partial charge in [0.05, 0.1) is 13.2 Å². The van der Waals surface area contributed by atoms with Gasteiger partial charge in [0.2, 0.25) is 0 Å². The van der Waals surface area contributed by atoms with Crippen LogP contribution in [-0.2, 0) is 4.74 Å². The standard InChI is InChI=1S/C26H37N5O2/c1-5-20-8-9-31(17-20)26(32)28-22-7-6-19(4)23(16-22)21-14-24(27-18(2)3)29-25(15-21)30-10-12-33-13-11-30/h6-7,14-16,18,20H,5,8-13,17H2,1-4H3,(H,27,29)(H,28,32)/t20-/m1/s1. The first-order chi connectivity index (χ1) is 15.9. The Labute approximate surface area is 197 Å². The minimum absolute atomic E-state index is 0.00773. The fourth-order valence-corrected chi connectivity index (χ4v) is 4.56. The Kier molecular flexibility index (Phi) is 7.38. The molecule has 1 aromatic heterocycles. The number of hydrogen-bond donors (Lipinski definition) is 2. The first kappa shape index (κ1) is 23.4. The van der Waals surface area contributed by atoms with Crippen LogP contribution in [-0.4, -0.2) is 61.3 Å². The molecule has 0 spiro atoms. The van der Waals surface area contributed by atoms with E-state index < -0.39 is 0 Å². The van der Waals surface area contributed by atoms with Crippen LogP contribution in [0.15, 0.2) is 30.3 Å². The highest BCUT2D eigenvalue weighted by Gasteiger charge is 2.25. The average Bonchev–Trinajstić information content (AvgIpc) is 3.30. The van der Waals surface area contributed by atoms with E-state index >= 15 is 0 Å². The number of pyridine rings is 1. The number of morpholine rings is 1. The van der Waals surface area contributed by atoms with Crippen molar-refractivity contribution in [3.05, 3.63) is 35.9 Å². The maximum absolute atomic E-state index is 12.8. The van der Waals surface area contributed by atoms with Gasteiger partial charge < -0.3 is 25.2 Å². The lowest BCUT2D eigenvalue weighted by atomic mass is 10.00. The fourth-order valence-electron chi connectivity index (χ4n) is 4.56. The van der Waals surface area contributed by atoms with E-state index in [-0.39, 0.29) is 12.1 Å². The first-order valence-electron chi connectivity index (χ1n) is 12.2. The van der Waals surface area contributed by atoms with Crippen LogP contribution < -0.4 is 15.5 Å². The van der Waals surface area contributed by atoms with E-state index in [1.165, 1.54) is 0 Å². The molecule has 178 valence electrons. The fraction of sp³-hybridized carbons (Fsp3) is 0.538. The number of benzene rings is 1. The van der Waals surface area contributed by atoms with Gasteiger partial charge in [0.1, 0.15) is 11.6 Å². The molecule has 0 radical (unpaired) electrons. The second-order valence-electron chi connectivity index (χ2n) is 9.47. The Hall–Kier alpha value is -2.80. The number of nitrogens with zero attached hydrogens (tertiary/aromatic N) is 3. The van der Waals surface area contributed by atoms with Crippen LogP contribution in [0.25, 0.3) is 11.1 Å². The molecule has 2 aromatic rings. The van der Waals surface area contributed by atoms with Crippen molar-refractivity contribution in [1.82, 2.24) is 9.88 Å². The van der Waals surface area contributed by atoms with Gasteiger partial charge in [0.25, 0.3) is 0 Å². The Balaban J connectivity index is 1.61. The molecule has 2 aliphatic heterocycles. The number of hydrogen-bond acceptors (Lipinski definition) is 5. The third-order valence-corrected chi connectivity index (χ3v) is 6.53. The number of urea groups is 1. The Morgan fingerprint density at radius 3 is 2.67 bits per heavy atom. The van der Waals surface area contributed by atoms with Gasteiger partial charge in [-0.05, 0) is 74.1 Å². The first-order valence-corrected chi connectivity index (χ1v) is 12.2. The van der Waals surface area contributed by atoms with Crippen LogP contribution in [0.4, 0.5) is 22.1 Å². The molecule has 0 bridgehead atoms. The highest BCUT2D eigenvalue weighted by Crippen LogP contribution is 2.32. The lowest BCUT2D eigenvalue weighted by Gasteiger charge is -2.29. The van der Waals surface area contributed by atoms with E-state index in [0.717, 1.165) is 86.2 Å². The van der Waals surface area contributed by atoms with Gasteiger partial charge >= 0.3 is 6.03 Å². The number of rotatable bonds is 6. The molecule has 7 nitrogen and oxygen atoms in total. The molecule has 0 unspecified atom stereocenters. The third-order valence-electron chi connectivity index (χ3n) is 6.53. The van der Waals surface area contributed by atoms with Crippen molar-refractivity contribution in [1.29, 1.82) is 0 Å². The van der Waals surface area contributed by atoms with Crippen molar-refractivity contribution >= 4 is 23.4 Å². The van der Waals surface area contributed by atoms with E-state index in [1.54, 1.807) is 0 Å². The van der Waals surface area contributed by atoms with E-state index in [4.69, 9.17) is 9.72 Å². The summed E-state index contributed by atoms with van der Waals surface area (Å²) in [5.41, 5.74) is 4.18. The van der Waals surface area contributed by atoms with Gasteiger partial charge in [-0.3, -0.25) is 0 Å². The normalized spacial score (nSPS) is 18.6. The monoisotopic (exact) mass is 451 g/mol. The number of nitrogens with one attached hydrogen (secondary N) is 2. The van der Waals surface area contributed by atoms with E-state index in [2.05, 4.69) is 67.5 Å². The summed E-state index contributed by atoms with van der Waals surface area (Å²) in [4.78, 5) is 21.9. The lowest BCUT2D eigenvalue weighted by molar-refractivity contribution is 0.122. The van der Waals surface area contributed by atoms with Crippen molar-refractivity contribution in [2.24, 2.45) is 5.92 Å². The number of aryl methyl sites for hydroxylation is 1. The van der Waals surface area contributed by atoms with E-state index in [0.29, 0.717) is 5.92 Å². The van der Waals surface area contributed by atoms with Crippen molar-refractivity contribution < 1.29 is 9.53 Å². The minimum atomic E-state index is -0.00773. The molecule has 2 fully saturated rings. The molecule has 2 amide bonds. The van der Waals surface area contributed by atoms with Crippen LogP contribution in [0.1, 0.15) is 39.2 Å². The summed E-state index contributed by atoms with van der Waals surface area (Å²) in [6, 6.07) is 10.7. The second-order valence-corrected chi connectivity index (χ2v) is 9.47. The third kappa shape index (κ3) is 5.77. The van der Waals surface area contributed by atoms with Crippen LogP contribution in [0.5, 0.6) is 0 Å². The molecule has 33 heavy (non-hydrogen) atoms. The van der Waals surface area contributed by atoms with Crippen molar-refractivity contribution in [2.75, 3.05) is 54.9 Å². The molecular formula is C26H37N5O2. The Morgan fingerprint density at radius 1 is 1.18 bits per heavy atom. The lowest BCUT2D eigenvalue weighted by Crippen LogP contribution is -2.36. The van der Waals surface area contributed by atoms with Crippen LogP contribution in [0.3, 0.4) is 0 Å². The molecule has 2 aliphatic rings. The molecule has 0 saturated carbocycles. The zero-order valence-corrected chi connectivity index (χ0v) is 20.4. The number of carbonyl (C=O) groups is 1. The van der Waals surface area contributed by atoms with Crippen LogP contribution in [0, 0.1) is 12.8 Å². The zero-order valence-electron chi connectivity index (χ0n) is 20.4. The topological polar surface area (TPSA) is 69.7 Å². The maximum Gasteiger partial charge on any atom is 0.321 e. The summed E-state index contributed by atoms with van der Waals surface area (Å²) < 4.78 is 5.53. The SMILES string of the molecule is CC[C@@H]1CCN(C(=O)Nc2ccc(C)c(-c3cc(NC(C)C)nc(N4CCOCC4)c3)c2)C1. The molecule has 7 heteroatoms. The zero-order chi connectivity index (χ0) is 23.4. The van der Waals surface area contributed by atoms with Gasteiger partial charge in [-0.2, -0.15) is 0 Å². The molecule has 2 N–H and O–H groups in total. The van der Waals surface area contributed by atoms with Gasteiger partial charge in [-0.25, -0.2) is 9.78 Å². The molecular weight excluding hydrogens is 414 g/mol. The summed E-state index contributed by atoms with van der Waals surface area (Å²) in [7, 11) is 0. The number of aromatic nitrogens is 1. The predicted octanol–water partition coefficient (Wildman–Crippen LogP) is 4.98. The number of amides is 2. The second kappa shape index (κ2) is 10.4. The van der Waals surface area contributed by atoms with Gasteiger partial charge in [-0.1, -0.05) is 19.4 Å². The Bertz CT molecular complexity index is 971. The van der Waals surface area contributed by atoms with Gasteiger partial charge in [0.15, 0.2) is 0 Å². The number of likely N-dealkylation sites (tertiary alicyclic amines) is 1. The highest BCUT2D eigenvalue weighted by molar-refractivity contribution is 5.91. The maximum atomic E-state index is 12.8. The summed E-state index contributed by atoms with van der Waals surface area (Å²) in [6.45, 7) is 13.3. The van der Waals surface area contributed by atoms with Crippen LogP contribution in [0.2, 0.25) is 0 Å². The van der Waals surface area contributed by atoms with Gasteiger partial charge in [-0.15, -0.1) is 0 Å². The number of anilines is 3. The van der Waals surface area contributed by atoms with Crippen molar-refractivity contribution in [3.8, 4) is 11.1 Å². The van der Waals surface area contributed by atoms with E-state index in [9.17, 15) is 4.79 Å². The molecule has 1 aromatic carbocycles. The minimum Gasteiger partial charge on any atom is -0.378 e. The van der Waals surface area contributed by atoms with Crippen LogP contribution >= 0.6 is 0 Å². The number of ether oxygens (including phenoxy) is 1. The number of carbonyl (C=O) groups excluding carboxylic acids is 1. The highest BCUT2D eigenvalue weighted by atomic mass is 16.5. The predicted molar refractivity (Wildman–Crippen MR) is 135 cm³/mol. The molecule has 3 heterocycles. The van der Waals surface area contributed by atoms with E-state index in [1.807, 2.05) is 11.0 Å². The summed E-state index contributed by atoms with van der Waals surface area (Å²) in [5, 5.41) is 6.58. The quantitative estimate of drug-likeness (QED) is 0.648. The summed E-state index contributed by atoms with van der Waals surface area (Å²) in [5.74, 6) is 2.43. The molecule has 2 saturated heterocycles.